The molecule has 1 heterocycles. The zero-order valence-electron chi connectivity index (χ0n) is 14.7. The lowest BCUT2D eigenvalue weighted by atomic mass is 9.90. The van der Waals surface area contributed by atoms with Gasteiger partial charge >= 0.3 is 0 Å². The van der Waals surface area contributed by atoms with Crippen molar-refractivity contribution < 1.29 is 14.0 Å². The van der Waals surface area contributed by atoms with E-state index < -0.39 is 11.4 Å². The minimum Gasteiger partial charge on any atom is -0.376 e. The fourth-order valence-electron chi connectivity index (χ4n) is 2.56. The summed E-state index contributed by atoms with van der Waals surface area (Å²) in [4.78, 5) is 25.2. The molecule has 0 aromatic heterocycles. The van der Waals surface area contributed by atoms with Gasteiger partial charge in [-0.2, -0.15) is 5.26 Å². The first kappa shape index (κ1) is 18.7. The van der Waals surface area contributed by atoms with Crippen molar-refractivity contribution in [3.8, 4) is 6.07 Å². The summed E-state index contributed by atoms with van der Waals surface area (Å²) in [6.07, 6.45) is 1.17. The third-order valence-electron chi connectivity index (χ3n) is 4.55. The number of halogens is 1. The Morgan fingerprint density at radius 3 is 2.72 bits per heavy atom. The topological polar surface area (TPSA) is 85.2 Å². The Morgan fingerprint density at radius 1 is 1.48 bits per heavy atom. The minimum atomic E-state index is -0.954. The molecular formula is C18H23FN4O2. The Balaban J connectivity index is 1.98. The standard InChI is InChI=1S/C18H23FN4O2/c1-12(2)18(3,11-20)22-16(24)10-21-13-6-7-15(14(19)9-13)23-8-4-5-17(23)25/h6-7,9,12,21H,4-5,8,10H2,1-3H3,(H,22,24). The maximum absolute atomic E-state index is 14.3. The van der Waals surface area contributed by atoms with Gasteiger partial charge in [-0.25, -0.2) is 4.39 Å². The first-order chi connectivity index (χ1) is 11.8. The summed E-state index contributed by atoms with van der Waals surface area (Å²) in [5, 5.41) is 14.7. The average Bonchev–Trinajstić information content (AvgIpc) is 2.98. The van der Waals surface area contributed by atoms with Crippen LogP contribution in [0.3, 0.4) is 0 Å². The first-order valence-electron chi connectivity index (χ1n) is 8.33. The van der Waals surface area contributed by atoms with Crippen LogP contribution in [0.5, 0.6) is 0 Å². The molecule has 2 N–H and O–H groups in total. The van der Waals surface area contributed by atoms with Crippen molar-refractivity contribution in [3.05, 3.63) is 24.0 Å². The predicted octanol–water partition coefficient (Wildman–Crippen LogP) is 2.42. The Bertz CT molecular complexity index is 714. The van der Waals surface area contributed by atoms with Gasteiger partial charge in [-0.3, -0.25) is 9.59 Å². The number of hydrogen-bond acceptors (Lipinski definition) is 4. The normalized spacial score (nSPS) is 16.5. The van der Waals surface area contributed by atoms with E-state index in [9.17, 15) is 19.2 Å². The van der Waals surface area contributed by atoms with Crippen LogP contribution < -0.4 is 15.5 Å². The number of amides is 2. The number of nitriles is 1. The summed E-state index contributed by atoms with van der Waals surface area (Å²) in [7, 11) is 0. The number of carbonyl (C=O) groups is 2. The van der Waals surface area contributed by atoms with Gasteiger partial charge < -0.3 is 15.5 Å². The van der Waals surface area contributed by atoms with Crippen molar-refractivity contribution >= 4 is 23.2 Å². The Labute approximate surface area is 147 Å². The number of nitrogens with one attached hydrogen (secondary N) is 2. The molecule has 1 aliphatic heterocycles. The number of rotatable bonds is 6. The van der Waals surface area contributed by atoms with E-state index in [4.69, 9.17) is 0 Å². The van der Waals surface area contributed by atoms with Crippen LogP contribution in [0.15, 0.2) is 18.2 Å². The Kier molecular flexibility index (Phi) is 5.62. The highest BCUT2D eigenvalue weighted by Gasteiger charge is 2.29. The SMILES string of the molecule is CC(C)C(C)(C#N)NC(=O)CNc1ccc(N2CCCC2=O)c(F)c1. The third-order valence-corrected chi connectivity index (χ3v) is 4.55. The lowest BCUT2D eigenvalue weighted by Crippen LogP contribution is -2.50. The van der Waals surface area contributed by atoms with E-state index in [2.05, 4.69) is 16.7 Å². The molecule has 7 heteroatoms. The molecule has 1 unspecified atom stereocenters. The molecule has 0 aliphatic carbocycles. The fourth-order valence-corrected chi connectivity index (χ4v) is 2.56. The zero-order valence-corrected chi connectivity index (χ0v) is 14.7. The maximum atomic E-state index is 14.3. The lowest BCUT2D eigenvalue weighted by molar-refractivity contribution is -0.121. The number of hydrogen-bond donors (Lipinski definition) is 2. The summed E-state index contributed by atoms with van der Waals surface area (Å²) >= 11 is 0. The molecular weight excluding hydrogens is 323 g/mol. The quantitative estimate of drug-likeness (QED) is 0.828. The smallest absolute Gasteiger partial charge is 0.240 e. The van der Waals surface area contributed by atoms with Crippen molar-refractivity contribution in [2.24, 2.45) is 5.92 Å². The molecule has 1 aliphatic rings. The van der Waals surface area contributed by atoms with Crippen LogP contribution in [0, 0.1) is 23.1 Å². The van der Waals surface area contributed by atoms with Gasteiger partial charge in [-0.15, -0.1) is 0 Å². The van der Waals surface area contributed by atoms with Crippen LogP contribution in [-0.2, 0) is 9.59 Å². The van der Waals surface area contributed by atoms with E-state index in [1.165, 1.54) is 17.0 Å². The van der Waals surface area contributed by atoms with Gasteiger partial charge in [0.2, 0.25) is 11.8 Å². The molecule has 0 bridgehead atoms. The summed E-state index contributed by atoms with van der Waals surface area (Å²) in [6, 6.07) is 6.53. The van der Waals surface area contributed by atoms with Crippen LogP contribution in [0.1, 0.15) is 33.6 Å². The first-order valence-corrected chi connectivity index (χ1v) is 8.33. The third kappa shape index (κ3) is 4.27. The fraction of sp³-hybridized carbons (Fsp3) is 0.500. The molecule has 1 saturated heterocycles. The lowest BCUT2D eigenvalue weighted by Gasteiger charge is -2.27. The monoisotopic (exact) mass is 346 g/mol. The maximum Gasteiger partial charge on any atom is 0.240 e. The second-order valence-electron chi connectivity index (χ2n) is 6.69. The van der Waals surface area contributed by atoms with Crippen LogP contribution in [0.25, 0.3) is 0 Å². The minimum absolute atomic E-state index is 0.0452. The predicted molar refractivity (Wildman–Crippen MR) is 93.5 cm³/mol. The highest BCUT2D eigenvalue weighted by atomic mass is 19.1. The van der Waals surface area contributed by atoms with E-state index in [0.29, 0.717) is 18.7 Å². The van der Waals surface area contributed by atoms with E-state index in [1.807, 2.05) is 13.8 Å². The molecule has 0 radical (unpaired) electrons. The summed E-state index contributed by atoms with van der Waals surface area (Å²) in [6.45, 7) is 5.81. The molecule has 0 spiro atoms. The van der Waals surface area contributed by atoms with E-state index in [-0.39, 0.29) is 30.0 Å². The van der Waals surface area contributed by atoms with Gasteiger partial charge in [0.1, 0.15) is 11.4 Å². The number of anilines is 2. The van der Waals surface area contributed by atoms with Gasteiger partial charge in [-0.1, -0.05) is 13.8 Å². The molecule has 2 rings (SSSR count). The molecule has 2 amide bonds. The number of carbonyl (C=O) groups excluding carboxylic acids is 2. The Morgan fingerprint density at radius 2 is 2.20 bits per heavy atom. The van der Waals surface area contributed by atoms with E-state index in [0.717, 1.165) is 6.42 Å². The van der Waals surface area contributed by atoms with Crippen molar-refractivity contribution in [2.75, 3.05) is 23.3 Å². The zero-order chi connectivity index (χ0) is 18.6. The van der Waals surface area contributed by atoms with Crippen molar-refractivity contribution in [3.63, 3.8) is 0 Å². The van der Waals surface area contributed by atoms with Crippen molar-refractivity contribution in [2.45, 2.75) is 39.2 Å². The molecule has 6 nitrogen and oxygen atoms in total. The highest BCUT2D eigenvalue weighted by molar-refractivity contribution is 5.95. The van der Waals surface area contributed by atoms with Gasteiger partial charge in [-0.05, 0) is 37.5 Å². The van der Waals surface area contributed by atoms with Crippen molar-refractivity contribution in [1.29, 1.82) is 5.26 Å². The molecule has 25 heavy (non-hydrogen) atoms. The van der Waals surface area contributed by atoms with E-state index >= 15 is 0 Å². The molecule has 1 atom stereocenters. The molecule has 134 valence electrons. The highest BCUT2D eigenvalue weighted by Crippen LogP contribution is 2.26. The summed E-state index contributed by atoms with van der Waals surface area (Å²) in [5.74, 6) is -0.985. The van der Waals surface area contributed by atoms with Crippen LogP contribution in [0.4, 0.5) is 15.8 Å². The van der Waals surface area contributed by atoms with Crippen LogP contribution in [-0.4, -0.2) is 30.4 Å². The van der Waals surface area contributed by atoms with Gasteiger partial charge in [0, 0.05) is 18.7 Å². The number of nitrogens with zero attached hydrogens (tertiary/aromatic N) is 2. The van der Waals surface area contributed by atoms with Gasteiger partial charge in [0.05, 0.1) is 18.3 Å². The summed E-state index contributed by atoms with van der Waals surface area (Å²) in [5.41, 5.74) is -0.259. The largest absolute Gasteiger partial charge is 0.376 e. The average molecular weight is 346 g/mol. The number of benzene rings is 1. The molecule has 1 fully saturated rings. The molecule has 0 saturated carbocycles. The van der Waals surface area contributed by atoms with Gasteiger partial charge in [0.25, 0.3) is 0 Å². The van der Waals surface area contributed by atoms with E-state index in [1.54, 1.807) is 13.0 Å². The van der Waals surface area contributed by atoms with Crippen LogP contribution >= 0.6 is 0 Å². The second kappa shape index (κ2) is 7.51. The summed E-state index contributed by atoms with van der Waals surface area (Å²) < 4.78 is 14.3. The van der Waals surface area contributed by atoms with Crippen molar-refractivity contribution in [1.82, 2.24) is 5.32 Å². The molecule has 1 aromatic carbocycles. The van der Waals surface area contributed by atoms with Gasteiger partial charge in [0.15, 0.2) is 0 Å². The molecule has 1 aromatic rings. The van der Waals surface area contributed by atoms with Crippen LogP contribution in [0.2, 0.25) is 0 Å². The Hall–Kier alpha value is -2.62. The second-order valence-corrected chi connectivity index (χ2v) is 6.69.